The van der Waals surface area contributed by atoms with Crippen molar-refractivity contribution in [2.45, 2.75) is 18.9 Å². The van der Waals surface area contributed by atoms with Gasteiger partial charge >= 0.3 is 0 Å². The van der Waals surface area contributed by atoms with Crippen LogP contribution in [0.3, 0.4) is 0 Å². The van der Waals surface area contributed by atoms with Crippen LogP contribution in [0.4, 0.5) is 0 Å². The number of rotatable bonds is 3. The minimum Gasteiger partial charge on any atom is -0.494 e. The Labute approximate surface area is 137 Å². The number of ether oxygens (including phenoxy) is 1. The lowest BCUT2D eigenvalue weighted by Gasteiger charge is -2.33. The Hall–Kier alpha value is -2.07. The first-order valence-corrected chi connectivity index (χ1v) is 8.50. The Kier molecular flexibility index (Phi) is 4.16. The summed E-state index contributed by atoms with van der Waals surface area (Å²) in [4.78, 5) is 4.34. The Balaban J connectivity index is 1.60. The molecule has 1 fully saturated rings. The van der Waals surface area contributed by atoms with Gasteiger partial charge in [0.15, 0.2) is 0 Å². The molecule has 3 heterocycles. The van der Waals surface area contributed by atoms with Crippen LogP contribution in [0.2, 0.25) is 0 Å². The van der Waals surface area contributed by atoms with E-state index in [0.29, 0.717) is 12.0 Å². The van der Waals surface area contributed by atoms with Crippen LogP contribution in [0.25, 0.3) is 0 Å². The summed E-state index contributed by atoms with van der Waals surface area (Å²) in [7, 11) is 0. The van der Waals surface area contributed by atoms with Gasteiger partial charge in [-0.1, -0.05) is 18.2 Å². The summed E-state index contributed by atoms with van der Waals surface area (Å²) in [5, 5.41) is 6.68. The summed E-state index contributed by atoms with van der Waals surface area (Å²) in [6.45, 7) is 2.96. The fourth-order valence-corrected chi connectivity index (χ4v) is 3.51. The predicted octanol–water partition coefficient (Wildman–Crippen LogP) is 2.45. The Morgan fingerprint density at radius 2 is 2.13 bits per heavy atom. The van der Waals surface area contributed by atoms with E-state index in [4.69, 9.17) is 4.74 Å². The molecule has 4 aliphatic rings. The first-order valence-electron chi connectivity index (χ1n) is 8.50. The van der Waals surface area contributed by atoms with Crippen LogP contribution < -0.4 is 10.6 Å². The van der Waals surface area contributed by atoms with Gasteiger partial charge in [0.25, 0.3) is 0 Å². The largest absolute Gasteiger partial charge is 0.494 e. The molecule has 0 aromatic carbocycles. The van der Waals surface area contributed by atoms with Crippen LogP contribution in [0.5, 0.6) is 0 Å². The smallest absolute Gasteiger partial charge is 0.106 e. The molecule has 2 N–H and O–H groups in total. The van der Waals surface area contributed by atoms with Gasteiger partial charge in [0.05, 0.1) is 5.92 Å². The molecule has 120 valence electrons. The van der Waals surface area contributed by atoms with Gasteiger partial charge in [-0.25, -0.2) is 0 Å². The highest BCUT2D eigenvalue weighted by molar-refractivity contribution is 5.70. The summed E-state index contributed by atoms with van der Waals surface area (Å²) < 4.78 is 6.41. The second-order valence-corrected chi connectivity index (χ2v) is 6.41. The van der Waals surface area contributed by atoms with Crippen molar-refractivity contribution >= 4 is 6.21 Å². The SMILES string of the molecule is C1=CNCC(C2=CC3C=CN=C[C@H]3C(OC3CCNCC3)=C2)=C1. The monoisotopic (exact) mass is 309 g/mol. The topological polar surface area (TPSA) is 45.7 Å². The third-order valence-corrected chi connectivity index (χ3v) is 4.82. The average molecular weight is 309 g/mol. The molecule has 0 saturated carbocycles. The molecule has 1 saturated heterocycles. The third kappa shape index (κ3) is 3.17. The number of hydrogen-bond donors (Lipinski definition) is 2. The summed E-state index contributed by atoms with van der Waals surface area (Å²) in [6.07, 6.45) is 19.4. The highest BCUT2D eigenvalue weighted by atomic mass is 16.5. The molecule has 2 atom stereocenters. The predicted molar refractivity (Wildman–Crippen MR) is 93.0 cm³/mol. The highest BCUT2D eigenvalue weighted by Crippen LogP contribution is 2.35. The van der Waals surface area contributed by atoms with E-state index in [-0.39, 0.29) is 5.92 Å². The van der Waals surface area contributed by atoms with Gasteiger partial charge in [-0.3, -0.25) is 4.99 Å². The van der Waals surface area contributed by atoms with Crippen molar-refractivity contribution in [3.8, 4) is 0 Å². The second-order valence-electron chi connectivity index (χ2n) is 6.41. The van der Waals surface area contributed by atoms with E-state index in [1.165, 1.54) is 11.1 Å². The molecular weight excluding hydrogens is 286 g/mol. The molecule has 1 unspecified atom stereocenters. The van der Waals surface area contributed by atoms with Crippen molar-refractivity contribution in [3.63, 3.8) is 0 Å². The maximum Gasteiger partial charge on any atom is 0.106 e. The number of nitrogens with zero attached hydrogens (tertiary/aromatic N) is 1. The van der Waals surface area contributed by atoms with E-state index in [0.717, 1.165) is 38.2 Å². The third-order valence-electron chi connectivity index (χ3n) is 4.82. The summed E-state index contributed by atoms with van der Waals surface area (Å²) in [6, 6.07) is 0. The van der Waals surface area contributed by atoms with Crippen molar-refractivity contribution in [1.82, 2.24) is 10.6 Å². The number of allylic oxidation sites excluding steroid dienone is 6. The Bertz CT molecular complexity index is 633. The van der Waals surface area contributed by atoms with E-state index in [1.54, 1.807) is 0 Å². The van der Waals surface area contributed by atoms with Crippen molar-refractivity contribution in [1.29, 1.82) is 0 Å². The first-order chi connectivity index (χ1) is 11.4. The number of hydrogen-bond acceptors (Lipinski definition) is 4. The normalized spacial score (nSPS) is 30.0. The van der Waals surface area contributed by atoms with Crippen LogP contribution >= 0.6 is 0 Å². The van der Waals surface area contributed by atoms with Gasteiger partial charge in [-0.15, -0.1) is 0 Å². The molecule has 4 rings (SSSR count). The van der Waals surface area contributed by atoms with Gasteiger partial charge in [-0.05, 0) is 55.4 Å². The van der Waals surface area contributed by atoms with Gasteiger partial charge in [0.2, 0.25) is 0 Å². The summed E-state index contributed by atoms with van der Waals surface area (Å²) >= 11 is 0. The maximum atomic E-state index is 6.41. The number of dihydropyridines is 1. The maximum absolute atomic E-state index is 6.41. The Morgan fingerprint density at radius 1 is 1.22 bits per heavy atom. The summed E-state index contributed by atoms with van der Waals surface area (Å²) in [5.74, 6) is 1.66. The van der Waals surface area contributed by atoms with Crippen LogP contribution in [0.1, 0.15) is 12.8 Å². The molecular formula is C19H23N3O. The fourth-order valence-electron chi connectivity index (χ4n) is 3.51. The van der Waals surface area contributed by atoms with Gasteiger partial charge < -0.3 is 15.4 Å². The van der Waals surface area contributed by atoms with Crippen molar-refractivity contribution in [2.75, 3.05) is 19.6 Å². The number of piperidine rings is 1. The molecule has 0 radical (unpaired) electrons. The number of aliphatic imine (C=N–C) groups is 1. The lowest BCUT2D eigenvalue weighted by atomic mass is 9.81. The molecule has 0 bridgehead atoms. The van der Waals surface area contributed by atoms with Crippen LogP contribution in [-0.4, -0.2) is 32.0 Å². The molecule has 0 spiro atoms. The zero-order valence-corrected chi connectivity index (χ0v) is 13.2. The van der Waals surface area contributed by atoms with E-state index >= 15 is 0 Å². The molecule has 3 aliphatic heterocycles. The van der Waals surface area contributed by atoms with E-state index in [9.17, 15) is 0 Å². The standard InChI is InChI=1S/C19H23N3O/c1-2-15(12-21-6-1)16-10-14-3-7-22-13-18(14)19(11-16)23-17-4-8-20-9-5-17/h1-3,6-7,10-11,13-14,17-18,20-21H,4-5,8-9,12H2/t14?,18-/m1/s1. The van der Waals surface area contributed by atoms with Crippen LogP contribution in [0.15, 0.2) is 64.7 Å². The zero-order valence-electron chi connectivity index (χ0n) is 13.2. The second kappa shape index (κ2) is 6.59. The minimum absolute atomic E-state index is 0.242. The summed E-state index contributed by atoms with van der Waals surface area (Å²) in [5.41, 5.74) is 2.58. The van der Waals surface area contributed by atoms with Gasteiger partial charge in [0, 0.05) is 24.9 Å². The van der Waals surface area contributed by atoms with Gasteiger partial charge in [0.1, 0.15) is 11.9 Å². The number of fused-ring (bicyclic) bond motifs is 1. The minimum atomic E-state index is 0.242. The molecule has 0 aromatic heterocycles. The molecule has 23 heavy (non-hydrogen) atoms. The van der Waals surface area contributed by atoms with E-state index in [2.05, 4.69) is 46.0 Å². The number of nitrogens with one attached hydrogen (secondary N) is 2. The van der Waals surface area contributed by atoms with E-state index < -0.39 is 0 Å². The van der Waals surface area contributed by atoms with Gasteiger partial charge in [-0.2, -0.15) is 0 Å². The molecule has 4 heteroatoms. The lowest BCUT2D eigenvalue weighted by Crippen LogP contribution is -2.34. The van der Waals surface area contributed by atoms with Crippen molar-refractivity contribution < 1.29 is 4.74 Å². The lowest BCUT2D eigenvalue weighted by molar-refractivity contribution is 0.0730. The van der Waals surface area contributed by atoms with Crippen LogP contribution in [0, 0.1) is 11.8 Å². The van der Waals surface area contributed by atoms with E-state index in [1.807, 2.05) is 18.6 Å². The van der Waals surface area contributed by atoms with Crippen molar-refractivity contribution in [3.05, 3.63) is 59.7 Å². The fraction of sp³-hybridized carbons (Fsp3) is 0.421. The van der Waals surface area contributed by atoms with Crippen LogP contribution in [-0.2, 0) is 4.74 Å². The molecule has 0 aromatic rings. The first kappa shape index (κ1) is 14.5. The quantitative estimate of drug-likeness (QED) is 0.842. The van der Waals surface area contributed by atoms with Crippen molar-refractivity contribution in [2.24, 2.45) is 16.8 Å². The molecule has 0 amide bonds. The molecule has 4 nitrogen and oxygen atoms in total. The highest BCUT2D eigenvalue weighted by Gasteiger charge is 2.30. The molecule has 1 aliphatic carbocycles. The Morgan fingerprint density at radius 3 is 2.96 bits per heavy atom. The zero-order chi connectivity index (χ0) is 15.5. The average Bonchev–Trinajstić information content (AvgIpc) is 2.63.